The molecule has 0 aromatic heterocycles. The zero-order valence-corrected chi connectivity index (χ0v) is 12.6. The number of alkyl carbamates (subject to hydrolysis) is 1. The zero-order chi connectivity index (χ0) is 16.7. The number of hydrogen-bond acceptors (Lipinski definition) is 5. The SMILES string of the molecule is COC(=O)C(NC(=O)OCc1ccccc1)c1cccc(O)c1. The summed E-state index contributed by atoms with van der Waals surface area (Å²) < 4.78 is 9.76. The van der Waals surface area contributed by atoms with Gasteiger partial charge in [0.25, 0.3) is 0 Å². The third kappa shape index (κ3) is 4.74. The molecule has 2 rings (SSSR count). The number of methoxy groups -OCH3 is 1. The van der Waals surface area contributed by atoms with E-state index >= 15 is 0 Å². The van der Waals surface area contributed by atoms with Gasteiger partial charge in [-0.1, -0.05) is 42.5 Å². The van der Waals surface area contributed by atoms with Crippen molar-refractivity contribution >= 4 is 12.1 Å². The van der Waals surface area contributed by atoms with Crippen LogP contribution in [0.1, 0.15) is 17.2 Å². The number of phenolic OH excluding ortho intramolecular Hbond substituents is 1. The molecule has 120 valence electrons. The first-order chi connectivity index (χ1) is 11.1. The van der Waals surface area contributed by atoms with E-state index in [4.69, 9.17) is 4.74 Å². The molecule has 0 saturated heterocycles. The molecule has 6 heteroatoms. The molecule has 0 aliphatic carbocycles. The lowest BCUT2D eigenvalue weighted by molar-refractivity contribution is -0.143. The van der Waals surface area contributed by atoms with Crippen molar-refractivity contribution in [2.75, 3.05) is 7.11 Å². The Kier molecular flexibility index (Phi) is 5.57. The Labute approximate surface area is 133 Å². The van der Waals surface area contributed by atoms with Crippen LogP contribution < -0.4 is 5.32 Å². The molecule has 0 aliphatic heterocycles. The van der Waals surface area contributed by atoms with Crippen LogP contribution in [-0.4, -0.2) is 24.3 Å². The van der Waals surface area contributed by atoms with Crippen molar-refractivity contribution in [3.05, 3.63) is 65.7 Å². The molecule has 0 saturated carbocycles. The predicted octanol–water partition coefficient (Wildman–Crippen LogP) is 2.53. The number of amides is 1. The minimum atomic E-state index is -1.06. The van der Waals surface area contributed by atoms with Gasteiger partial charge >= 0.3 is 12.1 Å². The summed E-state index contributed by atoms with van der Waals surface area (Å²) in [6, 6.07) is 14.1. The normalized spacial score (nSPS) is 11.3. The summed E-state index contributed by atoms with van der Waals surface area (Å²) in [6.45, 7) is 0.0839. The van der Waals surface area contributed by atoms with Crippen LogP contribution in [-0.2, 0) is 20.9 Å². The van der Waals surface area contributed by atoms with E-state index < -0.39 is 18.1 Å². The molecule has 1 atom stereocenters. The summed E-state index contributed by atoms with van der Waals surface area (Å²) in [7, 11) is 1.22. The Morgan fingerprint density at radius 1 is 1.13 bits per heavy atom. The van der Waals surface area contributed by atoms with Gasteiger partial charge in [-0.15, -0.1) is 0 Å². The maximum absolute atomic E-state index is 11.9. The monoisotopic (exact) mass is 315 g/mol. The van der Waals surface area contributed by atoms with Crippen molar-refractivity contribution in [2.24, 2.45) is 0 Å². The fraction of sp³-hybridized carbons (Fsp3) is 0.176. The number of phenols is 1. The second kappa shape index (κ2) is 7.84. The highest BCUT2D eigenvalue weighted by molar-refractivity contribution is 5.82. The average molecular weight is 315 g/mol. The Balaban J connectivity index is 2.03. The van der Waals surface area contributed by atoms with Crippen LogP contribution in [0.2, 0.25) is 0 Å². The van der Waals surface area contributed by atoms with E-state index in [0.717, 1.165) is 5.56 Å². The minimum absolute atomic E-state index is 0.0177. The lowest BCUT2D eigenvalue weighted by Crippen LogP contribution is -2.34. The van der Waals surface area contributed by atoms with Gasteiger partial charge in [0.05, 0.1) is 7.11 Å². The molecule has 0 radical (unpaired) electrons. The highest BCUT2D eigenvalue weighted by atomic mass is 16.6. The quantitative estimate of drug-likeness (QED) is 0.828. The van der Waals surface area contributed by atoms with Gasteiger partial charge < -0.3 is 19.9 Å². The molecular formula is C17H17NO5. The zero-order valence-electron chi connectivity index (χ0n) is 12.6. The molecule has 0 heterocycles. The van der Waals surface area contributed by atoms with Crippen LogP contribution in [0.25, 0.3) is 0 Å². The third-order valence-electron chi connectivity index (χ3n) is 3.12. The molecule has 1 unspecified atom stereocenters. The largest absolute Gasteiger partial charge is 0.508 e. The van der Waals surface area contributed by atoms with Crippen LogP contribution in [0.4, 0.5) is 4.79 Å². The molecule has 1 amide bonds. The first-order valence-corrected chi connectivity index (χ1v) is 6.94. The third-order valence-corrected chi connectivity index (χ3v) is 3.12. The summed E-state index contributed by atoms with van der Waals surface area (Å²) in [5.41, 5.74) is 1.23. The molecule has 0 bridgehead atoms. The smallest absolute Gasteiger partial charge is 0.408 e. The van der Waals surface area contributed by atoms with E-state index in [-0.39, 0.29) is 12.4 Å². The lowest BCUT2D eigenvalue weighted by Gasteiger charge is -2.17. The number of ether oxygens (including phenoxy) is 2. The first-order valence-electron chi connectivity index (χ1n) is 6.94. The van der Waals surface area contributed by atoms with Crippen molar-refractivity contribution in [3.63, 3.8) is 0 Å². The standard InChI is InChI=1S/C17H17NO5/c1-22-16(20)15(13-8-5-9-14(19)10-13)18-17(21)23-11-12-6-3-2-4-7-12/h2-10,15,19H,11H2,1H3,(H,18,21). The van der Waals surface area contributed by atoms with Crippen molar-refractivity contribution in [3.8, 4) is 5.75 Å². The van der Waals surface area contributed by atoms with Gasteiger partial charge in [0.2, 0.25) is 0 Å². The second-order valence-corrected chi connectivity index (χ2v) is 4.76. The minimum Gasteiger partial charge on any atom is -0.508 e. The second-order valence-electron chi connectivity index (χ2n) is 4.76. The number of nitrogens with one attached hydrogen (secondary N) is 1. The molecule has 2 aromatic carbocycles. The highest BCUT2D eigenvalue weighted by Crippen LogP contribution is 2.19. The summed E-state index contributed by atoms with van der Waals surface area (Å²) >= 11 is 0. The number of carbonyl (C=O) groups excluding carboxylic acids is 2. The Hall–Kier alpha value is -3.02. The Bertz CT molecular complexity index is 672. The molecule has 0 aliphatic rings. The van der Waals surface area contributed by atoms with Gasteiger partial charge in [-0.3, -0.25) is 0 Å². The number of aromatic hydroxyl groups is 1. The maximum atomic E-state index is 11.9. The summed E-state index contributed by atoms with van der Waals surface area (Å²) in [6.07, 6.45) is -0.757. The predicted molar refractivity (Wildman–Crippen MR) is 82.6 cm³/mol. The van der Waals surface area contributed by atoms with E-state index in [1.807, 2.05) is 30.3 Å². The number of benzene rings is 2. The number of hydrogen-bond donors (Lipinski definition) is 2. The van der Waals surface area contributed by atoms with Crippen molar-refractivity contribution in [2.45, 2.75) is 12.6 Å². The molecule has 23 heavy (non-hydrogen) atoms. The van der Waals surface area contributed by atoms with E-state index in [9.17, 15) is 14.7 Å². The Morgan fingerprint density at radius 2 is 1.87 bits per heavy atom. The molecule has 2 N–H and O–H groups in total. The molecule has 0 fully saturated rings. The summed E-state index contributed by atoms with van der Waals surface area (Å²) in [5.74, 6) is -0.678. The fourth-order valence-electron chi connectivity index (χ4n) is 1.98. The molecule has 2 aromatic rings. The van der Waals surface area contributed by atoms with Crippen LogP contribution in [0.5, 0.6) is 5.75 Å². The van der Waals surface area contributed by atoms with E-state index in [1.54, 1.807) is 12.1 Å². The van der Waals surface area contributed by atoms with Gasteiger partial charge in [-0.25, -0.2) is 9.59 Å². The number of rotatable bonds is 5. The van der Waals surface area contributed by atoms with Gasteiger partial charge in [0, 0.05) is 0 Å². The van der Waals surface area contributed by atoms with Crippen LogP contribution >= 0.6 is 0 Å². The van der Waals surface area contributed by atoms with Gasteiger partial charge in [0.1, 0.15) is 12.4 Å². The Morgan fingerprint density at radius 3 is 2.52 bits per heavy atom. The van der Waals surface area contributed by atoms with Gasteiger partial charge in [0.15, 0.2) is 6.04 Å². The van der Waals surface area contributed by atoms with E-state index in [2.05, 4.69) is 10.1 Å². The van der Waals surface area contributed by atoms with E-state index in [0.29, 0.717) is 5.56 Å². The van der Waals surface area contributed by atoms with Crippen molar-refractivity contribution in [1.82, 2.24) is 5.32 Å². The number of esters is 1. The molecular weight excluding hydrogens is 298 g/mol. The van der Waals surface area contributed by atoms with Crippen LogP contribution in [0.3, 0.4) is 0 Å². The van der Waals surface area contributed by atoms with Crippen LogP contribution in [0, 0.1) is 0 Å². The molecule has 0 spiro atoms. The topological polar surface area (TPSA) is 84.9 Å². The highest BCUT2D eigenvalue weighted by Gasteiger charge is 2.24. The number of carbonyl (C=O) groups is 2. The van der Waals surface area contributed by atoms with Gasteiger partial charge in [-0.2, -0.15) is 0 Å². The van der Waals surface area contributed by atoms with Crippen molar-refractivity contribution < 1.29 is 24.2 Å². The molecule has 6 nitrogen and oxygen atoms in total. The van der Waals surface area contributed by atoms with Gasteiger partial charge in [-0.05, 0) is 23.3 Å². The van der Waals surface area contributed by atoms with Crippen LogP contribution in [0.15, 0.2) is 54.6 Å². The fourth-order valence-corrected chi connectivity index (χ4v) is 1.98. The van der Waals surface area contributed by atoms with E-state index in [1.165, 1.54) is 19.2 Å². The first kappa shape index (κ1) is 16.4. The van der Waals surface area contributed by atoms with Crippen molar-refractivity contribution in [1.29, 1.82) is 0 Å². The maximum Gasteiger partial charge on any atom is 0.408 e. The lowest BCUT2D eigenvalue weighted by atomic mass is 10.1. The summed E-state index contributed by atoms with van der Waals surface area (Å²) in [5, 5.41) is 11.9. The summed E-state index contributed by atoms with van der Waals surface area (Å²) in [4.78, 5) is 23.8. The average Bonchev–Trinajstić information content (AvgIpc) is 2.58.